The minimum Gasteiger partial charge on any atom is -0.507 e. The molecular formula is C36H28ClN3O5S2. The van der Waals surface area contributed by atoms with Gasteiger partial charge in [-0.1, -0.05) is 95.4 Å². The number of nitrogens with zero attached hydrogens (tertiary/aromatic N) is 3. The number of Topliss-reactive ketones (excluding diaryl/α,β-unsaturated/α-hetero) is 1. The van der Waals surface area contributed by atoms with Crippen molar-refractivity contribution in [3.63, 3.8) is 0 Å². The predicted octanol–water partition coefficient (Wildman–Crippen LogP) is 8.01. The second-order valence-corrected chi connectivity index (χ2v) is 13.8. The minimum absolute atomic E-state index is 0.00832. The van der Waals surface area contributed by atoms with E-state index in [1.54, 1.807) is 30.3 Å². The fraction of sp³-hybridized carbons (Fsp3) is 0.167. The Bertz CT molecular complexity index is 2010. The first-order chi connectivity index (χ1) is 22.9. The highest BCUT2D eigenvalue weighted by molar-refractivity contribution is 8.00. The van der Waals surface area contributed by atoms with Gasteiger partial charge in [-0.2, -0.15) is 0 Å². The third-order valence-electron chi connectivity index (χ3n) is 7.95. The zero-order valence-corrected chi connectivity index (χ0v) is 27.5. The summed E-state index contributed by atoms with van der Waals surface area (Å²) in [6.07, 6.45) is 0.683. The first-order valence-electron chi connectivity index (χ1n) is 14.9. The molecule has 4 aromatic carbocycles. The Balaban J connectivity index is 1.26. The summed E-state index contributed by atoms with van der Waals surface area (Å²) in [5, 5.41) is 21.3. The monoisotopic (exact) mass is 681 g/mol. The van der Waals surface area contributed by atoms with E-state index in [0.29, 0.717) is 45.0 Å². The maximum absolute atomic E-state index is 13.8. The second-order valence-electron chi connectivity index (χ2n) is 11.2. The number of ketones is 1. The van der Waals surface area contributed by atoms with Crippen LogP contribution in [0.15, 0.2) is 107 Å². The maximum atomic E-state index is 13.8. The molecule has 1 fully saturated rings. The van der Waals surface area contributed by atoms with E-state index >= 15 is 0 Å². The van der Waals surface area contributed by atoms with E-state index in [9.17, 15) is 14.7 Å². The number of aromatic nitrogens is 2. The number of amides is 1. The average molecular weight is 682 g/mol. The number of anilines is 1. The molecule has 1 saturated heterocycles. The SMILES string of the molecule is C[C@H]1Cc2cc(/C(O)=C3\C(=O)C(=O)N(c4nnc(SCc5ccccc5Cl)s4)[C@H]3c3cccc(OCc4ccccc4)c3)ccc2O1. The van der Waals surface area contributed by atoms with Gasteiger partial charge in [-0.05, 0) is 65.6 Å². The van der Waals surface area contributed by atoms with Gasteiger partial charge >= 0.3 is 5.91 Å². The number of ether oxygens (including phenoxy) is 2. The van der Waals surface area contributed by atoms with E-state index in [1.165, 1.54) is 28.0 Å². The molecule has 11 heteroatoms. The zero-order chi connectivity index (χ0) is 32.5. The van der Waals surface area contributed by atoms with Crippen LogP contribution in [0.25, 0.3) is 5.76 Å². The smallest absolute Gasteiger partial charge is 0.301 e. The highest BCUT2D eigenvalue weighted by Crippen LogP contribution is 2.45. The van der Waals surface area contributed by atoms with Crippen LogP contribution in [0.1, 0.15) is 40.8 Å². The van der Waals surface area contributed by atoms with Gasteiger partial charge in [0.05, 0.1) is 11.6 Å². The summed E-state index contributed by atoms with van der Waals surface area (Å²) in [5.41, 5.74) is 3.83. The molecular weight excluding hydrogens is 654 g/mol. The van der Waals surface area contributed by atoms with Crippen molar-refractivity contribution in [2.45, 2.75) is 42.2 Å². The van der Waals surface area contributed by atoms with Gasteiger partial charge in [0.15, 0.2) is 4.34 Å². The average Bonchev–Trinajstić information content (AvgIpc) is 3.78. The van der Waals surface area contributed by atoms with Gasteiger partial charge in [0, 0.05) is 22.8 Å². The number of halogens is 1. The summed E-state index contributed by atoms with van der Waals surface area (Å²) in [5.74, 6) is -0.0406. The molecule has 2 aliphatic rings. The van der Waals surface area contributed by atoms with Gasteiger partial charge in [0.1, 0.15) is 30.0 Å². The number of carbonyl (C=O) groups excluding carboxylic acids is 2. The fourth-order valence-corrected chi connectivity index (χ4v) is 7.85. The third kappa shape index (κ3) is 6.36. The number of carbonyl (C=O) groups is 2. The first kappa shape index (κ1) is 31.0. The molecule has 1 N–H and O–H groups in total. The molecule has 236 valence electrons. The number of fused-ring (bicyclic) bond motifs is 1. The molecule has 2 aliphatic heterocycles. The van der Waals surface area contributed by atoms with Crippen LogP contribution in [0.3, 0.4) is 0 Å². The largest absolute Gasteiger partial charge is 0.507 e. The quantitative estimate of drug-likeness (QED) is 0.0549. The second kappa shape index (κ2) is 13.2. The number of aliphatic hydroxyl groups is 1. The number of benzene rings is 4. The normalized spacial score (nSPS) is 18.3. The van der Waals surface area contributed by atoms with Crippen molar-refractivity contribution < 1.29 is 24.2 Å². The topological polar surface area (TPSA) is 102 Å². The summed E-state index contributed by atoms with van der Waals surface area (Å²) >= 11 is 8.97. The molecule has 0 unspecified atom stereocenters. The first-order valence-corrected chi connectivity index (χ1v) is 17.1. The van der Waals surface area contributed by atoms with Gasteiger partial charge in [-0.15, -0.1) is 10.2 Å². The molecule has 5 aromatic rings. The number of aliphatic hydroxyl groups excluding tert-OH is 1. The molecule has 7 rings (SSSR count). The third-order valence-corrected chi connectivity index (χ3v) is 10.4. The molecule has 1 amide bonds. The molecule has 1 aromatic heterocycles. The Morgan fingerprint density at radius 1 is 1.02 bits per heavy atom. The molecule has 0 radical (unpaired) electrons. The van der Waals surface area contributed by atoms with Crippen LogP contribution in [0.4, 0.5) is 5.13 Å². The Hall–Kier alpha value is -4.64. The van der Waals surface area contributed by atoms with Crippen molar-refractivity contribution in [1.29, 1.82) is 0 Å². The molecule has 0 bridgehead atoms. The molecule has 0 saturated carbocycles. The summed E-state index contributed by atoms with van der Waals surface area (Å²) in [7, 11) is 0. The van der Waals surface area contributed by atoms with E-state index in [0.717, 1.165) is 22.4 Å². The van der Waals surface area contributed by atoms with E-state index in [2.05, 4.69) is 10.2 Å². The number of hydrogen-bond donors (Lipinski definition) is 1. The van der Waals surface area contributed by atoms with Crippen molar-refractivity contribution in [1.82, 2.24) is 10.2 Å². The predicted molar refractivity (Wildman–Crippen MR) is 183 cm³/mol. The number of hydrogen-bond acceptors (Lipinski definition) is 9. The van der Waals surface area contributed by atoms with Gasteiger partial charge in [-0.3, -0.25) is 14.5 Å². The molecule has 3 heterocycles. The lowest BCUT2D eigenvalue weighted by Crippen LogP contribution is -2.29. The van der Waals surface area contributed by atoms with Crippen LogP contribution in [0.2, 0.25) is 5.02 Å². The summed E-state index contributed by atoms with van der Waals surface area (Å²) < 4.78 is 12.5. The van der Waals surface area contributed by atoms with Crippen molar-refractivity contribution in [2.75, 3.05) is 4.90 Å². The van der Waals surface area contributed by atoms with Crippen LogP contribution in [-0.2, 0) is 28.4 Å². The van der Waals surface area contributed by atoms with E-state index in [1.807, 2.05) is 73.7 Å². The minimum atomic E-state index is -0.979. The standard InChI is InChI=1S/C36H28ClN3O5S2/c1-21-16-26-17-24(14-15-29(26)45-21)32(41)30-31(23-11-7-12-27(18-23)44-19-22-8-3-2-4-9-22)40(34(43)33(30)42)35-38-39-36(47-35)46-20-25-10-5-6-13-28(25)37/h2-15,17-18,21,31,41H,16,19-20H2,1H3/b32-30+/t21-,31-/m0/s1. The number of rotatable bonds is 9. The van der Waals surface area contributed by atoms with E-state index < -0.39 is 17.7 Å². The summed E-state index contributed by atoms with van der Waals surface area (Å²) in [6.45, 7) is 2.31. The Morgan fingerprint density at radius 2 is 1.83 bits per heavy atom. The molecule has 8 nitrogen and oxygen atoms in total. The lowest BCUT2D eigenvalue weighted by molar-refractivity contribution is -0.132. The highest BCUT2D eigenvalue weighted by Gasteiger charge is 2.48. The summed E-state index contributed by atoms with van der Waals surface area (Å²) in [6, 6.07) is 28.8. The summed E-state index contributed by atoms with van der Waals surface area (Å²) in [4.78, 5) is 28.9. The van der Waals surface area contributed by atoms with Gasteiger partial charge in [-0.25, -0.2) is 0 Å². The van der Waals surface area contributed by atoms with E-state index in [4.69, 9.17) is 21.1 Å². The van der Waals surface area contributed by atoms with Crippen LogP contribution in [0, 0.1) is 0 Å². The van der Waals surface area contributed by atoms with Crippen molar-refractivity contribution in [2.24, 2.45) is 0 Å². The van der Waals surface area contributed by atoms with Crippen molar-refractivity contribution in [3.8, 4) is 11.5 Å². The fourth-order valence-electron chi connectivity index (χ4n) is 5.70. The molecule has 0 aliphatic carbocycles. The van der Waals surface area contributed by atoms with Crippen molar-refractivity contribution in [3.05, 3.63) is 135 Å². The van der Waals surface area contributed by atoms with Gasteiger partial charge < -0.3 is 14.6 Å². The maximum Gasteiger partial charge on any atom is 0.301 e. The Morgan fingerprint density at radius 3 is 2.66 bits per heavy atom. The van der Waals surface area contributed by atoms with Crippen LogP contribution in [-0.4, -0.2) is 33.1 Å². The lowest BCUT2D eigenvalue weighted by Gasteiger charge is -2.23. The lowest BCUT2D eigenvalue weighted by atomic mass is 9.94. The Labute approximate surface area is 284 Å². The zero-order valence-electron chi connectivity index (χ0n) is 25.1. The van der Waals surface area contributed by atoms with Crippen LogP contribution in [0.5, 0.6) is 11.5 Å². The van der Waals surface area contributed by atoms with Gasteiger partial charge in [0.25, 0.3) is 5.78 Å². The number of thioether (sulfide) groups is 1. The highest BCUT2D eigenvalue weighted by atomic mass is 35.5. The molecule has 2 atom stereocenters. The van der Waals surface area contributed by atoms with E-state index in [-0.39, 0.29) is 22.6 Å². The van der Waals surface area contributed by atoms with Crippen molar-refractivity contribution >= 4 is 57.3 Å². The van der Waals surface area contributed by atoms with Gasteiger partial charge in [0.2, 0.25) is 5.13 Å². The molecule has 0 spiro atoms. The van der Waals surface area contributed by atoms with Crippen LogP contribution >= 0.6 is 34.7 Å². The van der Waals surface area contributed by atoms with Crippen LogP contribution < -0.4 is 14.4 Å². The Kier molecular flexibility index (Phi) is 8.72. The molecule has 47 heavy (non-hydrogen) atoms.